The molecule has 27 heavy (non-hydrogen) atoms. The number of piperidine rings is 1. The zero-order valence-corrected chi connectivity index (χ0v) is 17.6. The largest absolute Gasteiger partial charge is 0.317 e. The second kappa shape index (κ2) is 9.19. The lowest BCUT2D eigenvalue weighted by atomic mass is 10.0. The van der Waals surface area contributed by atoms with E-state index in [0.717, 1.165) is 50.9 Å². The number of hydrogen-bond donors (Lipinski definition) is 2. The lowest BCUT2D eigenvalue weighted by Gasteiger charge is -2.25. The smallest absolute Gasteiger partial charge is 0.263 e. The van der Waals surface area contributed by atoms with Crippen molar-refractivity contribution in [1.82, 2.24) is 14.9 Å². The fourth-order valence-corrected chi connectivity index (χ4v) is 4.74. The Morgan fingerprint density at radius 1 is 1.30 bits per heavy atom. The molecule has 0 radical (unpaired) electrons. The quantitative estimate of drug-likeness (QED) is 0.783. The van der Waals surface area contributed by atoms with Crippen molar-refractivity contribution in [1.29, 1.82) is 0 Å². The Hall–Kier alpha value is -1.41. The van der Waals surface area contributed by atoms with E-state index >= 15 is 0 Å². The van der Waals surface area contributed by atoms with Gasteiger partial charge in [-0.1, -0.05) is 0 Å². The number of aromatic nitrogens is 2. The van der Waals surface area contributed by atoms with Gasteiger partial charge in [0.2, 0.25) is 0 Å². The monoisotopic (exact) mass is 430 g/mol. The standard InChI is InChI=1S/C18H22N4O2S.2ClH/c1-11-7-10-22(12-5-8-19-9-6-12)17(24)15(11)16(23)21-18-20-13-3-2-4-14(13)25-18;;/h7,10,12,19H,2-6,8-9H2,1H3,(H,20,21,23);2*1H. The average Bonchev–Trinajstić information content (AvgIpc) is 3.17. The summed E-state index contributed by atoms with van der Waals surface area (Å²) in [7, 11) is 0. The Kier molecular flexibility index (Phi) is 7.45. The molecule has 148 valence electrons. The van der Waals surface area contributed by atoms with Gasteiger partial charge < -0.3 is 9.88 Å². The van der Waals surface area contributed by atoms with Crippen LogP contribution in [0, 0.1) is 6.92 Å². The predicted molar refractivity (Wildman–Crippen MR) is 113 cm³/mol. The van der Waals surface area contributed by atoms with E-state index in [1.807, 2.05) is 19.2 Å². The third kappa shape index (κ3) is 4.37. The lowest BCUT2D eigenvalue weighted by Crippen LogP contribution is -2.37. The number of aryl methyl sites for hydroxylation is 3. The molecule has 2 aliphatic rings. The molecule has 6 nitrogen and oxygen atoms in total. The number of halogens is 2. The lowest BCUT2D eigenvalue weighted by molar-refractivity contribution is 0.102. The summed E-state index contributed by atoms with van der Waals surface area (Å²) in [6.45, 7) is 3.61. The van der Waals surface area contributed by atoms with Crippen molar-refractivity contribution in [2.24, 2.45) is 0 Å². The average molecular weight is 431 g/mol. The van der Waals surface area contributed by atoms with Crippen LogP contribution in [0.3, 0.4) is 0 Å². The summed E-state index contributed by atoms with van der Waals surface area (Å²) in [4.78, 5) is 31.4. The van der Waals surface area contributed by atoms with Gasteiger partial charge in [0.05, 0.1) is 5.69 Å². The van der Waals surface area contributed by atoms with Crippen LogP contribution in [-0.4, -0.2) is 28.5 Å². The maximum Gasteiger partial charge on any atom is 0.263 e. The fraction of sp³-hybridized carbons (Fsp3) is 0.500. The number of amides is 1. The first kappa shape index (κ1) is 21.9. The van der Waals surface area contributed by atoms with E-state index < -0.39 is 0 Å². The summed E-state index contributed by atoms with van der Waals surface area (Å²) >= 11 is 1.53. The van der Waals surface area contributed by atoms with Crippen LogP contribution >= 0.6 is 36.2 Å². The minimum absolute atomic E-state index is 0. The van der Waals surface area contributed by atoms with Crippen molar-refractivity contribution >= 4 is 47.2 Å². The molecule has 1 fully saturated rings. The minimum Gasteiger partial charge on any atom is -0.317 e. The van der Waals surface area contributed by atoms with Gasteiger partial charge in [0.15, 0.2) is 5.13 Å². The molecule has 0 unspecified atom stereocenters. The predicted octanol–water partition coefficient (Wildman–Crippen LogP) is 3.12. The van der Waals surface area contributed by atoms with Crippen LogP contribution in [0.5, 0.6) is 0 Å². The van der Waals surface area contributed by atoms with Crippen LogP contribution in [0.1, 0.15) is 51.8 Å². The molecule has 1 saturated heterocycles. The molecule has 1 aliphatic carbocycles. The molecule has 0 aromatic carbocycles. The number of rotatable bonds is 3. The van der Waals surface area contributed by atoms with Crippen molar-refractivity contribution in [3.63, 3.8) is 0 Å². The molecule has 0 saturated carbocycles. The Labute approximate surface area is 174 Å². The second-order valence-electron chi connectivity index (χ2n) is 6.76. The maximum atomic E-state index is 12.9. The Morgan fingerprint density at radius 2 is 2.04 bits per heavy atom. The van der Waals surface area contributed by atoms with Gasteiger partial charge in [0.25, 0.3) is 11.5 Å². The van der Waals surface area contributed by atoms with E-state index in [1.165, 1.54) is 16.2 Å². The number of hydrogen-bond acceptors (Lipinski definition) is 5. The highest BCUT2D eigenvalue weighted by Crippen LogP contribution is 2.30. The van der Waals surface area contributed by atoms with E-state index in [0.29, 0.717) is 10.7 Å². The van der Waals surface area contributed by atoms with Crippen molar-refractivity contribution in [3.8, 4) is 0 Å². The zero-order chi connectivity index (χ0) is 17.4. The first-order chi connectivity index (χ1) is 12.1. The molecule has 2 aromatic heterocycles. The number of fused-ring (bicyclic) bond motifs is 1. The Balaban J connectivity index is 0.00000131. The highest BCUT2D eigenvalue weighted by atomic mass is 35.5. The molecule has 0 atom stereocenters. The summed E-state index contributed by atoms with van der Waals surface area (Å²) in [5.41, 5.74) is 1.83. The summed E-state index contributed by atoms with van der Waals surface area (Å²) in [6.07, 6.45) is 6.79. The van der Waals surface area contributed by atoms with Crippen LogP contribution in [0.4, 0.5) is 5.13 Å². The third-order valence-electron chi connectivity index (χ3n) is 5.07. The van der Waals surface area contributed by atoms with Crippen LogP contribution in [0.2, 0.25) is 0 Å². The van der Waals surface area contributed by atoms with E-state index in [9.17, 15) is 9.59 Å². The van der Waals surface area contributed by atoms with E-state index in [1.54, 1.807) is 4.57 Å². The number of carbonyl (C=O) groups excluding carboxylic acids is 1. The summed E-state index contributed by atoms with van der Waals surface area (Å²) in [5.74, 6) is -0.349. The van der Waals surface area contributed by atoms with Gasteiger partial charge in [0, 0.05) is 17.1 Å². The zero-order valence-electron chi connectivity index (χ0n) is 15.1. The Morgan fingerprint density at radius 3 is 2.74 bits per heavy atom. The number of thiazole rings is 1. The van der Waals surface area contributed by atoms with Gasteiger partial charge >= 0.3 is 0 Å². The van der Waals surface area contributed by atoms with Crippen LogP contribution in [0.25, 0.3) is 0 Å². The molecule has 1 amide bonds. The van der Waals surface area contributed by atoms with Gasteiger partial charge in [-0.05, 0) is 63.7 Å². The minimum atomic E-state index is -0.349. The van der Waals surface area contributed by atoms with Crippen LogP contribution in [-0.2, 0) is 12.8 Å². The Bertz CT molecular complexity index is 853. The SMILES string of the molecule is Cc1ccn(C2CCNCC2)c(=O)c1C(=O)Nc1nc2c(s1)CCC2.Cl.Cl. The van der Waals surface area contributed by atoms with Crippen LogP contribution < -0.4 is 16.2 Å². The first-order valence-electron chi connectivity index (χ1n) is 8.86. The summed E-state index contributed by atoms with van der Waals surface area (Å²) < 4.78 is 1.73. The molecule has 1 aliphatic heterocycles. The number of nitrogens with zero attached hydrogens (tertiary/aromatic N) is 2. The highest BCUT2D eigenvalue weighted by molar-refractivity contribution is 7.16. The topological polar surface area (TPSA) is 76.0 Å². The molecule has 9 heteroatoms. The van der Waals surface area contributed by atoms with Gasteiger partial charge in [-0.25, -0.2) is 4.98 Å². The van der Waals surface area contributed by atoms with E-state index in [4.69, 9.17) is 0 Å². The first-order valence-corrected chi connectivity index (χ1v) is 9.67. The van der Waals surface area contributed by atoms with Gasteiger partial charge in [-0.15, -0.1) is 36.2 Å². The normalized spacial score (nSPS) is 16.2. The molecule has 3 heterocycles. The number of carbonyl (C=O) groups is 1. The molecule has 0 spiro atoms. The van der Waals surface area contributed by atoms with Crippen molar-refractivity contribution < 1.29 is 4.79 Å². The molecule has 4 rings (SSSR count). The van der Waals surface area contributed by atoms with Crippen LogP contribution in [0.15, 0.2) is 17.1 Å². The van der Waals surface area contributed by atoms with Crippen molar-refractivity contribution in [2.45, 2.75) is 45.1 Å². The summed E-state index contributed by atoms with van der Waals surface area (Å²) in [5, 5.41) is 6.75. The van der Waals surface area contributed by atoms with Gasteiger partial charge in [-0.3, -0.25) is 14.9 Å². The van der Waals surface area contributed by atoms with Crippen molar-refractivity contribution in [3.05, 3.63) is 44.3 Å². The number of nitrogens with one attached hydrogen (secondary N) is 2. The summed E-state index contributed by atoms with van der Waals surface area (Å²) in [6, 6.07) is 2.02. The molecule has 2 N–H and O–H groups in total. The molecular formula is C18H24Cl2N4O2S. The van der Waals surface area contributed by atoms with Gasteiger partial charge in [0.1, 0.15) is 5.56 Å². The maximum absolute atomic E-state index is 12.9. The number of pyridine rings is 1. The molecular weight excluding hydrogens is 407 g/mol. The third-order valence-corrected chi connectivity index (χ3v) is 6.15. The highest BCUT2D eigenvalue weighted by Gasteiger charge is 2.23. The van der Waals surface area contributed by atoms with E-state index in [2.05, 4.69) is 15.6 Å². The second-order valence-corrected chi connectivity index (χ2v) is 7.85. The fourth-order valence-electron chi connectivity index (χ4n) is 3.69. The van der Waals surface area contributed by atoms with Gasteiger partial charge in [-0.2, -0.15) is 0 Å². The molecule has 2 aromatic rings. The molecule has 0 bridgehead atoms. The van der Waals surface area contributed by atoms with Crippen molar-refractivity contribution in [2.75, 3.05) is 18.4 Å². The number of anilines is 1. The van der Waals surface area contributed by atoms with E-state index in [-0.39, 0.29) is 47.9 Å².